The van der Waals surface area contributed by atoms with Gasteiger partial charge in [0, 0.05) is 30.1 Å². The normalized spacial score (nSPS) is 15.9. The first-order valence-electron chi connectivity index (χ1n) is 4.91. The van der Waals surface area contributed by atoms with Crippen LogP contribution in [0, 0.1) is 0 Å². The van der Waals surface area contributed by atoms with Crippen LogP contribution in [-0.4, -0.2) is 31.1 Å². The largest absolute Gasteiger partial charge is 0.314 e. The van der Waals surface area contributed by atoms with Gasteiger partial charge in [0.25, 0.3) is 0 Å². The van der Waals surface area contributed by atoms with E-state index in [1.54, 1.807) is 0 Å². The Kier molecular flexibility index (Phi) is 5.06. The quantitative estimate of drug-likeness (QED) is 0.919. The molecule has 0 aliphatic carbocycles. The van der Waals surface area contributed by atoms with Crippen LogP contribution in [0.25, 0.3) is 0 Å². The number of halogens is 2. The zero-order valence-corrected chi connectivity index (χ0v) is 11.1. The van der Waals surface area contributed by atoms with Crippen LogP contribution in [-0.2, 0) is 6.54 Å². The second kappa shape index (κ2) is 5.85. The lowest BCUT2D eigenvalue weighted by Crippen LogP contribution is -2.55. The molecule has 0 spiro atoms. The van der Waals surface area contributed by atoms with Crippen molar-refractivity contribution in [2.24, 2.45) is 0 Å². The van der Waals surface area contributed by atoms with Gasteiger partial charge < -0.3 is 5.32 Å². The standard InChI is InChI=1S/C11H15BrN2.ClH/c1-14(11-6-13-7-11)8-9-2-4-10(12)5-3-9;/h2-5,11,13H,6-8H2,1H3;1H. The Balaban J connectivity index is 0.00000112. The van der Waals surface area contributed by atoms with Crippen LogP contribution in [0.5, 0.6) is 0 Å². The van der Waals surface area contributed by atoms with Crippen molar-refractivity contribution in [1.82, 2.24) is 10.2 Å². The minimum absolute atomic E-state index is 0. The highest BCUT2D eigenvalue weighted by Gasteiger charge is 2.20. The Morgan fingerprint density at radius 3 is 2.40 bits per heavy atom. The second-order valence-electron chi connectivity index (χ2n) is 3.85. The van der Waals surface area contributed by atoms with Crippen molar-refractivity contribution in [1.29, 1.82) is 0 Å². The Bertz CT molecular complexity index is 298. The summed E-state index contributed by atoms with van der Waals surface area (Å²) in [7, 11) is 2.19. The first-order chi connectivity index (χ1) is 6.75. The molecule has 0 bridgehead atoms. The minimum atomic E-state index is 0. The smallest absolute Gasteiger partial charge is 0.0345 e. The molecule has 4 heteroatoms. The van der Waals surface area contributed by atoms with Crippen LogP contribution >= 0.6 is 28.3 Å². The number of nitrogens with one attached hydrogen (secondary N) is 1. The maximum absolute atomic E-state index is 3.44. The van der Waals surface area contributed by atoms with Crippen LogP contribution in [0.1, 0.15) is 5.56 Å². The lowest BCUT2D eigenvalue weighted by atomic mass is 10.1. The molecule has 1 aromatic rings. The summed E-state index contributed by atoms with van der Waals surface area (Å²) in [4.78, 5) is 2.40. The average Bonchev–Trinajstić information content (AvgIpc) is 2.06. The summed E-state index contributed by atoms with van der Waals surface area (Å²) in [5.74, 6) is 0. The van der Waals surface area contributed by atoms with Crippen LogP contribution in [0.4, 0.5) is 0 Å². The third kappa shape index (κ3) is 3.45. The van der Waals surface area contributed by atoms with Gasteiger partial charge >= 0.3 is 0 Å². The topological polar surface area (TPSA) is 15.3 Å². The summed E-state index contributed by atoms with van der Waals surface area (Å²) in [6.45, 7) is 3.31. The molecule has 0 amide bonds. The summed E-state index contributed by atoms with van der Waals surface area (Å²) >= 11 is 3.44. The van der Waals surface area contributed by atoms with Crippen LogP contribution in [0.3, 0.4) is 0 Å². The van der Waals surface area contributed by atoms with Crippen molar-refractivity contribution < 1.29 is 0 Å². The molecule has 1 aliphatic rings. The highest BCUT2D eigenvalue weighted by Crippen LogP contribution is 2.13. The molecule has 1 saturated heterocycles. The molecule has 2 rings (SSSR count). The molecule has 0 atom stereocenters. The fraction of sp³-hybridized carbons (Fsp3) is 0.455. The van der Waals surface area contributed by atoms with E-state index in [-0.39, 0.29) is 12.4 Å². The predicted octanol–water partition coefficient (Wildman–Crippen LogP) is 2.27. The molecule has 2 nitrogen and oxygen atoms in total. The van der Waals surface area contributed by atoms with Gasteiger partial charge in [-0.15, -0.1) is 12.4 Å². The van der Waals surface area contributed by atoms with Crippen molar-refractivity contribution in [3.05, 3.63) is 34.3 Å². The number of hydrogen-bond donors (Lipinski definition) is 1. The van der Waals surface area contributed by atoms with Gasteiger partial charge in [0.2, 0.25) is 0 Å². The minimum Gasteiger partial charge on any atom is -0.314 e. The van der Waals surface area contributed by atoms with Crippen LogP contribution in [0.2, 0.25) is 0 Å². The monoisotopic (exact) mass is 290 g/mol. The van der Waals surface area contributed by atoms with E-state index in [1.165, 1.54) is 5.56 Å². The van der Waals surface area contributed by atoms with Gasteiger partial charge in [-0.3, -0.25) is 4.90 Å². The van der Waals surface area contributed by atoms with Crippen molar-refractivity contribution in [3.8, 4) is 0 Å². The van der Waals surface area contributed by atoms with Crippen molar-refractivity contribution in [2.75, 3.05) is 20.1 Å². The summed E-state index contributed by atoms with van der Waals surface area (Å²) in [6.07, 6.45) is 0. The Hall–Kier alpha value is -0.0900. The van der Waals surface area contributed by atoms with E-state index < -0.39 is 0 Å². The average molecular weight is 292 g/mol. The molecule has 1 aromatic carbocycles. The second-order valence-corrected chi connectivity index (χ2v) is 4.77. The van der Waals surface area contributed by atoms with Gasteiger partial charge in [0.05, 0.1) is 0 Å². The highest BCUT2D eigenvalue weighted by molar-refractivity contribution is 9.10. The third-order valence-electron chi connectivity index (χ3n) is 2.73. The van der Waals surface area contributed by atoms with E-state index in [9.17, 15) is 0 Å². The lowest BCUT2D eigenvalue weighted by Gasteiger charge is -2.35. The van der Waals surface area contributed by atoms with Crippen molar-refractivity contribution in [2.45, 2.75) is 12.6 Å². The first kappa shape index (κ1) is 13.0. The van der Waals surface area contributed by atoms with Gasteiger partial charge in [-0.2, -0.15) is 0 Å². The SMILES string of the molecule is CN(Cc1ccc(Br)cc1)C1CNC1.Cl. The molecule has 0 radical (unpaired) electrons. The molecule has 1 heterocycles. The van der Waals surface area contributed by atoms with Gasteiger partial charge in [-0.25, -0.2) is 0 Å². The molecule has 84 valence electrons. The predicted molar refractivity (Wildman–Crippen MR) is 69.5 cm³/mol. The Morgan fingerprint density at radius 2 is 1.93 bits per heavy atom. The molecule has 1 N–H and O–H groups in total. The maximum Gasteiger partial charge on any atom is 0.0345 e. The van der Waals surface area contributed by atoms with Gasteiger partial charge in [-0.1, -0.05) is 28.1 Å². The van der Waals surface area contributed by atoms with Crippen LogP contribution < -0.4 is 5.32 Å². The molecule has 1 fully saturated rings. The fourth-order valence-corrected chi connectivity index (χ4v) is 1.86. The third-order valence-corrected chi connectivity index (χ3v) is 3.26. The van der Waals surface area contributed by atoms with Crippen molar-refractivity contribution >= 4 is 28.3 Å². The number of nitrogens with zero attached hydrogens (tertiary/aromatic N) is 1. The molecule has 15 heavy (non-hydrogen) atoms. The molecular formula is C11H16BrClN2. The van der Waals surface area contributed by atoms with Gasteiger partial charge in [-0.05, 0) is 24.7 Å². The zero-order valence-electron chi connectivity index (χ0n) is 8.74. The summed E-state index contributed by atoms with van der Waals surface area (Å²) < 4.78 is 1.15. The fourth-order valence-electron chi connectivity index (χ4n) is 1.59. The molecule has 0 aromatic heterocycles. The van der Waals surface area contributed by atoms with Gasteiger partial charge in [0.15, 0.2) is 0 Å². The molecule has 0 saturated carbocycles. The first-order valence-corrected chi connectivity index (χ1v) is 5.70. The number of benzene rings is 1. The molecule has 0 unspecified atom stereocenters. The Morgan fingerprint density at radius 1 is 1.33 bits per heavy atom. The highest BCUT2D eigenvalue weighted by atomic mass is 79.9. The zero-order chi connectivity index (χ0) is 9.97. The summed E-state index contributed by atoms with van der Waals surface area (Å²) in [5, 5.41) is 3.29. The van der Waals surface area contributed by atoms with E-state index in [0.717, 1.165) is 30.1 Å². The van der Waals surface area contributed by atoms with E-state index in [4.69, 9.17) is 0 Å². The van der Waals surface area contributed by atoms with E-state index in [2.05, 4.69) is 57.5 Å². The van der Waals surface area contributed by atoms with E-state index in [0.29, 0.717) is 0 Å². The number of rotatable bonds is 3. The van der Waals surface area contributed by atoms with Crippen LogP contribution in [0.15, 0.2) is 28.7 Å². The van der Waals surface area contributed by atoms with E-state index in [1.807, 2.05) is 0 Å². The van der Waals surface area contributed by atoms with Gasteiger partial charge in [0.1, 0.15) is 0 Å². The summed E-state index contributed by atoms with van der Waals surface area (Å²) in [6, 6.07) is 9.27. The molecule has 1 aliphatic heterocycles. The summed E-state index contributed by atoms with van der Waals surface area (Å²) in [5.41, 5.74) is 1.38. The van der Waals surface area contributed by atoms with E-state index >= 15 is 0 Å². The lowest BCUT2D eigenvalue weighted by molar-refractivity contribution is 0.173. The Labute approximate surface area is 106 Å². The maximum atomic E-state index is 3.44. The number of hydrogen-bond acceptors (Lipinski definition) is 2. The molecular weight excluding hydrogens is 275 g/mol. The van der Waals surface area contributed by atoms with Crippen molar-refractivity contribution in [3.63, 3.8) is 0 Å². The number of likely N-dealkylation sites (N-methyl/N-ethyl adjacent to an activating group) is 1.